The van der Waals surface area contributed by atoms with E-state index in [1.165, 1.54) is 0 Å². The molecule has 0 radical (unpaired) electrons. The molecule has 96 valence electrons. The van der Waals surface area contributed by atoms with Gasteiger partial charge in [0.2, 0.25) is 5.91 Å². The summed E-state index contributed by atoms with van der Waals surface area (Å²) in [6.45, 7) is 9.10. The van der Waals surface area contributed by atoms with Crippen LogP contribution in [0.15, 0.2) is 0 Å². The van der Waals surface area contributed by atoms with Gasteiger partial charge < -0.3 is 15.4 Å². The number of amides is 1. The summed E-state index contributed by atoms with van der Waals surface area (Å²) < 4.78 is 5.42. The number of carbonyl (C=O) groups excluding carboxylic acids is 1. The molecule has 2 N–H and O–H groups in total. The van der Waals surface area contributed by atoms with E-state index in [1.54, 1.807) is 0 Å². The summed E-state index contributed by atoms with van der Waals surface area (Å²) in [5.41, 5.74) is 0. The zero-order chi connectivity index (χ0) is 12.4. The van der Waals surface area contributed by atoms with Crippen LogP contribution in [0, 0.1) is 11.8 Å². The lowest BCUT2D eigenvalue weighted by Crippen LogP contribution is -2.35. The van der Waals surface area contributed by atoms with Gasteiger partial charge in [-0.1, -0.05) is 20.8 Å². The van der Waals surface area contributed by atoms with E-state index in [1.807, 2.05) is 14.0 Å². The van der Waals surface area contributed by atoms with Crippen LogP contribution >= 0.6 is 0 Å². The van der Waals surface area contributed by atoms with E-state index in [-0.39, 0.29) is 11.8 Å². The van der Waals surface area contributed by atoms with Gasteiger partial charge in [0.15, 0.2) is 0 Å². The summed E-state index contributed by atoms with van der Waals surface area (Å²) in [6, 6.07) is 0. The van der Waals surface area contributed by atoms with Gasteiger partial charge in [0.05, 0.1) is 0 Å². The Balaban J connectivity index is 3.34. The van der Waals surface area contributed by atoms with Gasteiger partial charge in [-0.15, -0.1) is 0 Å². The first kappa shape index (κ1) is 15.4. The highest BCUT2D eigenvalue weighted by Gasteiger charge is 2.10. The fraction of sp³-hybridized carbons (Fsp3) is 0.917. The third-order valence-electron chi connectivity index (χ3n) is 2.17. The number of carbonyl (C=O) groups is 1. The molecule has 4 nitrogen and oxygen atoms in total. The molecule has 0 fully saturated rings. The van der Waals surface area contributed by atoms with E-state index in [9.17, 15) is 4.79 Å². The van der Waals surface area contributed by atoms with Crippen LogP contribution in [-0.2, 0) is 9.53 Å². The normalized spacial score (nSPS) is 12.8. The van der Waals surface area contributed by atoms with Gasteiger partial charge >= 0.3 is 0 Å². The molecule has 1 unspecified atom stereocenters. The molecule has 4 heteroatoms. The molecule has 0 aliphatic heterocycles. The lowest BCUT2D eigenvalue weighted by atomic mass is 10.1. The lowest BCUT2D eigenvalue weighted by Gasteiger charge is -2.11. The number of hydrogen-bond donors (Lipinski definition) is 2. The minimum Gasteiger partial charge on any atom is -0.381 e. The van der Waals surface area contributed by atoms with Gasteiger partial charge in [-0.2, -0.15) is 0 Å². The molecule has 0 aromatic heterocycles. The Morgan fingerprint density at radius 1 is 1.31 bits per heavy atom. The third kappa shape index (κ3) is 8.68. The second-order valence-corrected chi connectivity index (χ2v) is 4.57. The van der Waals surface area contributed by atoms with E-state index in [2.05, 4.69) is 24.5 Å². The van der Waals surface area contributed by atoms with Crippen molar-refractivity contribution in [3.8, 4) is 0 Å². The minimum absolute atomic E-state index is 0.0292. The van der Waals surface area contributed by atoms with Gasteiger partial charge in [-0.05, 0) is 19.4 Å². The summed E-state index contributed by atoms with van der Waals surface area (Å²) in [7, 11) is 1.85. The van der Waals surface area contributed by atoms with E-state index in [0.29, 0.717) is 12.5 Å². The third-order valence-corrected chi connectivity index (χ3v) is 2.17. The van der Waals surface area contributed by atoms with Gasteiger partial charge in [0, 0.05) is 32.2 Å². The Bertz CT molecular complexity index is 184. The average molecular weight is 230 g/mol. The second-order valence-electron chi connectivity index (χ2n) is 4.57. The van der Waals surface area contributed by atoms with Crippen LogP contribution in [0.2, 0.25) is 0 Å². The zero-order valence-electron chi connectivity index (χ0n) is 11.0. The molecule has 0 heterocycles. The standard InChI is InChI=1S/C12H26N2O2/c1-10(2)9-16-7-5-6-14-12(15)11(3)8-13-4/h10-11,13H,5-9H2,1-4H3,(H,14,15). The molecular formula is C12H26N2O2. The molecule has 0 saturated heterocycles. The summed E-state index contributed by atoms with van der Waals surface area (Å²) in [5.74, 6) is 0.713. The Hall–Kier alpha value is -0.610. The van der Waals surface area contributed by atoms with Crippen LogP contribution in [0.3, 0.4) is 0 Å². The van der Waals surface area contributed by atoms with Gasteiger partial charge in [0.1, 0.15) is 0 Å². The molecule has 1 amide bonds. The molecule has 0 aromatic rings. The second kappa shape index (κ2) is 9.60. The van der Waals surface area contributed by atoms with Crippen molar-refractivity contribution in [2.24, 2.45) is 11.8 Å². The van der Waals surface area contributed by atoms with Crippen molar-refractivity contribution in [1.29, 1.82) is 0 Å². The molecule has 0 aliphatic rings. The predicted octanol–water partition coefficient (Wildman–Crippen LogP) is 1.02. The fourth-order valence-electron chi connectivity index (χ4n) is 1.28. The van der Waals surface area contributed by atoms with Gasteiger partial charge in [-0.25, -0.2) is 0 Å². The van der Waals surface area contributed by atoms with Crippen LogP contribution in [0.4, 0.5) is 0 Å². The van der Waals surface area contributed by atoms with E-state index in [0.717, 1.165) is 26.2 Å². The summed E-state index contributed by atoms with van der Waals surface area (Å²) in [5, 5.41) is 5.88. The molecule has 0 saturated carbocycles. The molecule has 0 aliphatic carbocycles. The van der Waals surface area contributed by atoms with E-state index < -0.39 is 0 Å². The SMILES string of the molecule is CNCC(C)C(=O)NCCCOCC(C)C. The highest BCUT2D eigenvalue weighted by Crippen LogP contribution is 1.94. The Labute approximate surface area is 99.1 Å². The number of hydrogen-bond acceptors (Lipinski definition) is 3. The number of nitrogens with one attached hydrogen (secondary N) is 2. The van der Waals surface area contributed by atoms with Gasteiger partial charge in [0.25, 0.3) is 0 Å². The maximum absolute atomic E-state index is 11.5. The molecule has 1 atom stereocenters. The van der Waals surface area contributed by atoms with Crippen molar-refractivity contribution >= 4 is 5.91 Å². The Morgan fingerprint density at radius 3 is 2.56 bits per heavy atom. The molecule has 0 rings (SSSR count). The summed E-state index contributed by atoms with van der Waals surface area (Å²) >= 11 is 0. The zero-order valence-corrected chi connectivity index (χ0v) is 11.0. The Kier molecular flexibility index (Phi) is 9.24. The Morgan fingerprint density at radius 2 is 2.00 bits per heavy atom. The highest BCUT2D eigenvalue weighted by atomic mass is 16.5. The van der Waals surface area contributed by atoms with Crippen molar-refractivity contribution in [1.82, 2.24) is 10.6 Å². The largest absolute Gasteiger partial charge is 0.381 e. The highest BCUT2D eigenvalue weighted by molar-refractivity contribution is 5.78. The van der Waals surface area contributed by atoms with Crippen LogP contribution in [0.25, 0.3) is 0 Å². The quantitative estimate of drug-likeness (QED) is 0.581. The first-order valence-corrected chi connectivity index (χ1v) is 6.08. The maximum Gasteiger partial charge on any atom is 0.224 e. The first-order chi connectivity index (χ1) is 7.57. The predicted molar refractivity (Wildman–Crippen MR) is 66.4 cm³/mol. The molecule has 0 bridgehead atoms. The first-order valence-electron chi connectivity index (χ1n) is 6.08. The van der Waals surface area contributed by atoms with E-state index in [4.69, 9.17) is 4.74 Å². The van der Waals surface area contributed by atoms with Crippen molar-refractivity contribution in [3.63, 3.8) is 0 Å². The minimum atomic E-state index is 0.0292. The number of ether oxygens (including phenoxy) is 1. The average Bonchev–Trinajstić information content (AvgIpc) is 2.22. The van der Waals surface area contributed by atoms with Crippen molar-refractivity contribution in [2.75, 3.05) is 33.4 Å². The topological polar surface area (TPSA) is 50.4 Å². The maximum atomic E-state index is 11.5. The van der Waals surface area contributed by atoms with Crippen LogP contribution in [0.1, 0.15) is 27.2 Å². The molecule has 0 aromatic carbocycles. The van der Waals surface area contributed by atoms with Crippen molar-refractivity contribution in [3.05, 3.63) is 0 Å². The molecule has 16 heavy (non-hydrogen) atoms. The molecular weight excluding hydrogens is 204 g/mol. The smallest absolute Gasteiger partial charge is 0.224 e. The number of rotatable bonds is 9. The van der Waals surface area contributed by atoms with Crippen molar-refractivity contribution < 1.29 is 9.53 Å². The monoisotopic (exact) mass is 230 g/mol. The van der Waals surface area contributed by atoms with Crippen LogP contribution < -0.4 is 10.6 Å². The van der Waals surface area contributed by atoms with E-state index >= 15 is 0 Å². The fourth-order valence-corrected chi connectivity index (χ4v) is 1.28. The van der Waals surface area contributed by atoms with Crippen LogP contribution in [0.5, 0.6) is 0 Å². The molecule has 0 spiro atoms. The van der Waals surface area contributed by atoms with Gasteiger partial charge in [-0.3, -0.25) is 4.79 Å². The summed E-state index contributed by atoms with van der Waals surface area (Å²) in [6.07, 6.45) is 0.880. The summed E-state index contributed by atoms with van der Waals surface area (Å²) in [4.78, 5) is 11.5. The van der Waals surface area contributed by atoms with Crippen molar-refractivity contribution in [2.45, 2.75) is 27.2 Å². The van der Waals surface area contributed by atoms with Crippen LogP contribution in [-0.4, -0.2) is 39.3 Å². The lowest BCUT2D eigenvalue weighted by molar-refractivity contribution is -0.124.